The summed E-state index contributed by atoms with van der Waals surface area (Å²) in [5, 5.41) is 28.5. The first-order chi connectivity index (χ1) is 15.4. The highest BCUT2D eigenvalue weighted by atomic mass is 16.3. The molecule has 0 radical (unpaired) electrons. The van der Waals surface area contributed by atoms with E-state index < -0.39 is 12.1 Å². The molecule has 0 unspecified atom stereocenters. The van der Waals surface area contributed by atoms with E-state index in [9.17, 15) is 19.8 Å². The average Bonchev–Trinajstić information content (AvgIpc) is 2.74. The van der Waals surface area contributed by atoms with Gasteiger partial charge in [0.15, 0.2) is 0 Å². The molecule has 0 aliphatic rings. The zero-order chi connectivity index (χ0) is 24.8. The summed E-state index contributed by atoms with van der Waals surface area (Å²) in [6.07, 6.45) is 0. The summed E-state index contributed by atoms with van der Waals surface area (Å²) in [5.41, 5.74) is 1.25. The van der Waals surface area contributed by atoms with Crippen molar-refractivity contribution in [2.24, 2.45) is 10.8 Å². The molecule has 0 aliphatic carbocycles. The number of para-hydroxylation sites is 2. The lowest BCUT2D eigenvalue weighted by atomic mass is 9.87. The van der Waals surface area contributed by atoms with Crippen molar-refractivity contribution in [2.75, 3.05) is 18.5 Å². The lowest BCUT2D eigenvalue weighted by molar-refractivity contribution is 0.0845. The van der Waals surface area contributed by atoms with Gasteiger partial charge in [0.1, 0.15) is 0 Å². The minimum atomic E-state index is -0.413. The van der Waals surface area contributed by atoms with Gasteiger partial charge in [-0.15, -0.1) is 0 Å². The Balaban J connectivity index is 2.31. The third-order valence-corrected chi connectivity index (χ3v) is 5.68. The molecule has 33 heavy (non-hydrogen) atoms. The molecule has 2 aromatic carbocycles. The molecule has 0 aliphatic heterocycles. The van der Waals surface area contributed by atoms with Crippen LogP contribution in [0.4, 0.5) is 11.4 Å². The van der Waals surface area contributed by atoms with E-state index in [1.165, 1.54) is 0 Å². The predicted octanol–water partition coefficient (Wildman–Crippen LogP) is 3.70. The number of benzene rings is 2. The lowest BCUT2D eigenvalue weighted by Gasteiger charge is -2.30. The zero-order valence-electron chi connectivity index (χ0n) is 20.4. The van der Waals surface area contributed by atoms with E-state index in [4.69, 9.17) is 0 Å². The first-order valence-electron chi connectivity index (χ1n) is 11.2. The van der Waals surface area contributed by atoms with Gasteiger partial charge in [-0.1, -0.05) is 65.8 Å². The van der Waals surface area contributed by atoms with Crippen LogP contribution in [0, 0.1) is 10.8 Å². The van der Waals surface area contributed by atoms with Crippen LogP contribution >= 0.6 is 0 Å². The number of carbonyl (C=O) groups is 2. The van der Waals surface area contributed by atoms with E-state index in [0.717, 1.165) is 0 Å². The first kappa shape index (κ1) is 26.4. The van der Waals surface area contributed by atoms with Crippen molar-refractivity contribution in [3.63, 3.8) is 0 Å². The van der Waals surface area contributed by atoms with E-state index in [2.05, 4.69) is 16.0 Å². The fraction of sp³-hybridized carbons (Fsp3) is 0.462. The van der Waals surface area contributed by atoms with Crippen molar-refractivity contribution in [1.29, 1.82) is 0 Å². The predicted molar refractivity (Wildman–Crippen MR) is 132 cm³/mol. The number of hydrogen-bond donors (Lipinski definition) is 5. The van der Waals surface area contributed by atoms with Gasteiger partial charge in [-0.2, -0.15) is 0 Å². The SMILES string of the molecule is CC(C)(C)[C@@H](CO)NC(=O)c1ccccc1Nc1ccccc1C(=O)N[C@H](CO)C(C)(C)C. The second-order valence-corrected chi connectivity index (χ2v) is 10.4. The van der Waals surface area contributed by atoms with Gasteiger partial charge in [0, 0.05) is 0 Å². The molecule has 7 nitrogen and oxygen atoms in total. The van der Waals surface area contributed by atoms with Gasteiger partial charge in [-0.05, 0) is 35.1 Å². The molecule has 7 heteroatoms. The van der Waals surface area contributed by atoms with Gasteiger partial charge in [0.2, 0.25) is 0 Å². The number of rotatable bonds is 8. The van der Waals surface area contributed by atoms with Gasteiger partial charge < -0.3 is 26.2 Å². The Morgan fingerprint density at radius 1 is 0.697 bits per heavy atom. The lowest BCUT2D eigenvalue weighted by Crippen LogP contribution is -2.46. The number of anilines is 2. The Morgan fingerprint density at radius 2 is 1.03 bits per heavy atom. The highest BCUT2D eigenvalue weighted by Gasteiger charge is 2.28. The Kier molecular flexibility index (Phi) is 8.63. The van der Waals surface area contributed by atoms with Crippen LogP contribution in [0.5, 0.6) is 0 Å². The summed E-state index contributed by atoms with van der Waals surface area (Å²) in [4.78, 5) is 26.0. The number of carbonyl (C=O) groups excluding carboxylic acids is 2. The molecule has 0 spiro atoms. The van der Waals surface area contributed by atoms with Gasteiger partial charge in [-0.3, -0.25) is 9.59 Å². The number of aliphatic hydroxyl groups is 2. The summed E-state index contributed by atoms with van der Waals surface area (Å²) in [5.74, 6) is -0.635. The van der Waals surface area contributed by atoms with Crippen LogP contribution in [-0.4, -0.2) is 47.3 Å². The van der Waals surface area contributed by atoms with Crippen LogP contribution in [0.2, 0.25) is 0 Å². The quantitative estimate of drug-likeness (QED) is 0.417. The van der Waals surface area contributed by atoms with Crippen LogP contribution in [0.25, 0.3) is 0 Å². The van der Waals surface area contributed by atoms with E-state index in [1.807, 2.05) is 41.5 Å². The summed E-state index contributed by atoms with van der Waals surface area (Å²) in [6, 6.07) is 13.2. The third kappa shape index (κ3) is 7.04. The Bertz CT molecular complexity index is 883. The highest BCUT2D eigenvalue weighted by molar-refractivity contribution is 6.03. The molecule has 2 atom stereocenters. The molecule has 2 amide bonds. The van der Waals surface area contributed by atoms with Crippen molar-refractivity contribution in [2.45, 2.75) is 53.6 Å². The largest absolute Gasteiger partial charge is 0.394 e. The van der Waals surface area contributed by atoms with Crippen molar-refractivity contribution in [3.8, 4) is 0 Å². The first-order valence-corrected chi connectivity index (χ1v) is 11.2. The Hall–Kier alpha value is -2.90. The van der Waals surface area contributed by atoms with Gasteiger partial charge in [0.05, 0.1) is 47.8 Å². The summed E-state index contributed by atoms with van der Waals surface area (Å²) in [7, 11) is 0. The molecule has 0 heterocycles. The molecule has 2 aromatic rings. The normalized spacial score (nSPS) is 13.7. The van der Waals surface area contributed by atoms with E-state index in [0.29, 0.717) is 22.5 Å². The number of hydrogen-bond acceptors (Lipinski definition) is 5. The van der Waals surface area contributed by atoms with Gasteiger partial charge in [0.25, 0.3) is 11.8 Å². The maximum absolute atomic E-state index is 13.0. The maximum atomic E-state index is 13.0. The number of amides is 2. The van der Waals surface area contributed by atoms with Crippen LogP contribution < -0.4 is 16.0 Å². The minimum absolute atomic E-state index is 0.173. The highest BCUT2D eigenvalue weighted by Crippen LogP contribution is 2.26. The monoisotopic (exact) mass is 455 g/mol. The second-order valence-electron chi connectivity index (χ2n) is 10.4. The molecule has 0 fully saturated rings. The Labute approximate surface area is 196 Å². The van der Waals surface area contributed by atoms with Crippen molar-refractivity contribution < 1.29 is 19.8 Å². The fourth-order valence-electron chi connectivity index (χ4n) is 3.27. The molecule has 5 N–H and O–H groups in total. The molecule has 0 saturated carbocycles. The van der Waals surface area contributed by atoms with E-state index in [1.54, 1.807) is 48.5 Å². The summed E-state index contributed by atoms with van der Waals surface area (Å²) < 4.78 is 0. The smallest absolute Gasteiger partial charge is 0.253 e. The number of aliphatic hydroxyl groups excluding tert-OH is 2. The zero-order valence-corrected chi connectivity index (χ0v) is 20.4. The molecule has 180 valence electrons. The second kappa shape index (κ2) is 10.8. The molecular formula is C26H37N3O4. The summed E-state index contributed by atoms with van der Waals surface area (Å²) in [6.45, 7) is 11.3. The maximum Gasteiger partial charge on any atom is 0.253 e. The topological polar surface area (TPSA) is 111 Å². The van der Waals surface area contributed by atoms with Crippen molar-refractivity contribution in [1.82, 2.24) is 10.6 Å². The van der Waals surface area contributed by atoms with Crippen LogP contribution in [-0.2, 0) is 0 Å². The van der Waals surface area contributed by atoms with Crippen LogP contribution in [0.1, 0.15) is 62.3 Å². The molecular weight excluding hydrogens is 418 g/mol. The minimum Gasteiger partial charge on any atom is -0.394 e. The molecule has 0 bridgehead atoms. The standard InChI is InChI=1S/C26H37N3O4/c1-25(2,3)21(15-30)28-23(32)17-11-7-9-13-19(17)27-20-14-10-8-12-18(20)24(33)29-22(16-31)26(4,5)6/h7-14,21-22,27,30-31H,15-16H2,1-6H3,(H,28,32)(H,29,33)/t21-,22-/m1/s1. The summed E-state index contributed by atoms with van der Waals surface area (Å²) >= 11 is 0. The Morgan fingerprint density at radius 3 is 1.33 bits per heavy atom. The van der Waals surface area contributed by atoms with Crippen LogP contribution in [0.15, 0.2) is 48.5 Å². The molecule has 0 saturated heterocycles. The van der Waals surface area contributed by atoms with Crippen LogP contribution in [0.3, 0.4) is 0 Å². The van der Waals surface area contributed by atoms with E-state index >= 15 is 0 Å². The van der Waals surface area contributed by atoms with Gasteiger partial charge >= 0.3 is 0 Å². The average molecular weight is 456 g/mol. The number of nitrogens with one attached hydrogen (secondary N) is 3. The van der Waals surface area contributed by atoms with Gasteiger partial charge in [-0.25, -0.2) is 0 Å². The van der Waals surface area contributed by atoms with Crippen molar-refractivity contribution >= 4 is 23.2 Å². The molecule has 0 aromatic heterocycles. The van der Waals surface area contributed by atoms with Crippen molar-refractivity contribution in [3.05, 3.63) is 59.7 Å². The molecule has 2 rings (SSSR count). The third-order valence-electron chi connectivity index (χ3n) is 5.68. The fourth-order valence-corrected chi connectivity index (χ4v) is 3.27. The van der Waals surface area contributed by atoms with E-state index in [-0.39, 0.29) is 35.9 Å².